The predicted molar refractivity (Wildman–Crippen MR) is 57.9 cm³/mol. The number of benzene rings is 1. The lowest BCUT2D eigenvalue weighted by molar-refractivity contribution is 0.0959. The Balaban J connectivity index is 2.21. The fraction of sp³-hybridized carbons (Fsp3) is 0.167. The van der Waals surface area contributed by atoms with Crippen LogP contribution in [0.15, 0.2) is 35.7 Å². The fourth-order valence-electron chi connectivity index (χ4n) is 1.97. The number of carbonyl (C=O) groups is 2. The van der Waals surface area contributed by atoms with Gasteiger partial charge in [0.25, 0.3) is 0 Å². The van der Waals surface area contributed by atoms with Crippen LogP contribution in [0.4, 0.5) is 0 Å². The Morgan fingerprint density at radius 2 is 1.56 bits per heavy atom. The zero-order valence-corrected chi connectivity index (χ0v) is 8.56. The van der Waals surface area contributed by atoms with Gasteiger partial charge in [0.2, 0.25) is 11.6 Å². The average molecular weight is 214 g/mol. The van der Waals surface area contributed by atoms with Gasteiger partial charge in [-0.05, 0) is 0 Å². The molecular formula is C12H10N2O2. The molecule has 0 saturated carbocycles. The van der Waals surface area contributed by atoms with Crippen molar-refractivity contribution in [1.29, 1.82) is 0 Å². The third-order valence-electron chi connectivity index (χ3n) is 2.89. The number of ketones is 2. The van der Waals surface area contributed by atoms with E-state index in [1.54, 1.807) is 24.3 Å². The van der Waals surface area contributed by atoms with Gasteiger partial charge in [0.05, 0.1) is 0 Å². The number of rotatable bonds is 1. The first kappa shape index (κ1) is 9.15. The van der Waals surface area contributed by atoms with E-state index in [-0.39, 0.29) is 17.3 Å². The van der Waals surface area contributed by atoms with Crippen LogP contribution in [0.5, 0.6) is 0 Å². The number of fused-ring (bicyclic) bond motifs is 1. The quantitative estimate of drug-likeness (QED) is 0.693. The summed E-state index contributed by atoms with van der Waals surface area (Å²) in [7, 11) is 0. The minimum absolute atomic E-state index is 0.0844. The number of hydrogen-bond donors (Lipinski definition) is 1. The molecule has 1 aromatic carbocycles. The van der Waals surface area contributed by atoms with E-state index >= 15 is 0 Å². The first-order valence-electron chi connectivity index (χ1n) is 5.13. The second kappa shape index (κ2) is 2.95. The largest absolute Gasteiger partial charge is 0.394 e. The van der Waals surface area contributed by atoms with Gasteiger partial charge in [-0.3, -0.25) is 9.59 Å². The highest BCUT2D eigenvalue weighted by Crippen LogP contribution is 2.28. The Labute approximate surface area is 92.3 Å². The molecule has 0 radical (unpaired) electrons. The van der Waals surface area contributed by atoms with E-state index < -0.39 is 0 Å². The van der Waals surface area contributed by atoms with Crippen LogP contribution in [0.1, 0.15) is 20.7 Å². The van der Waals surface area contributed by atoms with Crippen molar-refractivity contribution in [2.45, 2.75) is 0 Å². The lowest BCUT2D eigenvalue weighted by Crippen LogP contribution is -2.29. The molecule has 0 aromatic heterocycles. The highest BCUT2D eigenvalue weighted by Gasteiger charge is 2.36. The smallest absolute Gasteiger partial charge is 0.212 e. The standard InChI is InChI=1S/C12H10N2O2/c13-9-10(14-5-6-14)12(16)8-4-2-1-3-7(8)11(9)15/h1-4H,5-6,13H2. The fourth-order valence-corrected chi connectivity index (χ4v) is 1.97. The summed E-state index contributed by atoms with van der Waals surface area (Å²) in [5, 5.41) is 0. The molecule has 4 heteroatoms. The van der Waals surface area contributed by atoms with Crippen molar-refractivity contribution in [3.63, 3.8) is 0 Å². The first-order valence-corrected chi connectivity index (χ1v) is 5.13. The molecule has 0 bridgehead atoms. The van der Waals surface area contributed by atoms with Crippen molar-refractivity contribution in [1.82, 2.24) is 4.90 Å². The minimum atomic E-state index is -0.239. The van der Waals surface area contributed by atoms with E-state index in [0.717, 1.165) is 13.1 Å². The number of nitrogens with zero attached hydrogens (tertiary/aromatic N) is 1. The molecule has 1 aromatic rings. The van der Waals surface area contributed by atoms with Crippen molar-refractivity contribution in [3.05, 3.63) is 46.8 Å². The second-order valence-corrected chi connectivity index (χ2v) is 3.95. The lowest BCUT2D eigenvalue weighted by atomic mass is 9.90. The normalized spacial score (nSPS) is 18.9. The van der Waals surface area contributed by atoms with Gasteiger partial charge < -0.3 is 10.6 Å². The summed E-state index contributed by atoms with van der Waals surface area (Å²) >= 11 is 0. The maximum Gasteiger partial charge on any atom is 0.212 e. The summed E-state index contributed by atoms with van der Waals surface area (Å²) in [6, 6.07) is 6.80. The monoisotopic (exact) mass is 214 g/mol. The molecule has 1 aliphatic heterocycles. The Kier molecular flexibility index (Phi) is 1.68. The topological polar surface area (TPSA) is 63.2 Å². The SMILES string of the molecule is NC1=C(N2CC2)C(=O)c2ccccc2C1=O. The lowest BCUT2D eigenvalue weighted by Gasteiger charge is -2.19. The zero-order chi connectivity index (χ0) is 11.3. The van der Waals surface area contributed by atoms with E-state index in [2.05, 4.69) is 0 Å². The summed E-state index contributed by atoms with van der Waals surface area (Å²) in [4.78, 5) is 25.9. The third-order valence-corrected chi connectivity index (χ3v) is 2.89. The molecule has 1 fully saturated rings. The Morgan fingerprint density at radius 1 is 1.00 bits per heavy atom. The van der Waals surface area contributed by atoms with Crippen LogP contribution < -0.4 is 5.73 Å². The van der Waals surface area contributed by atoms with Gasteiger partial charge >= 0.3 is 0 Å². The number of allylic oxidation sites excluding steroid dienone is 2. The summed E-state index contributed by atoms with van der Waals surface area (Å²) in [5.74, 6) is -0.373. The molecule has 0 unspecified atom stereocenters. The molecule has 80 valence electrons. The maximum absolute atomic E-state index is 12.1. The summed E-state index contributed by atoms with van der Waals surface area (Å²) in [6.45, 7) is 1.61. The highest BCUT2D eigenvalue weighted by molar-refractivity contribution is 6.26. The van der Waals surface area contributed by atoms with Crippen LogP contribution in [-0.4, -0.2) is 29.6 Å². The molecule has 1 aliphatic carbocycles. The molecule has 16 heavy (non-hydrogen) atoms. The van der Waals surface area contributed by atoms with Gasteiger partial charge in [0.15, 0.2) is 0 Å². The number of nitrogens with two attached hydrogens (primary N) is 1. The summed E-state index contributed by atoms with van der Waals surface area (Å²) < 4.78 is 0. The van der Waals surface area contributed by atoms with Gasteiger partial charge in [-0.2, -0.15) is 0 Å². The van der Waals surface area contributed by atoms with Crippen LogP contribution in [0.2, 0.25) is 0 Å². The summed E-state index contributed by atoms with van der Waals surface area (Å²) in [6.07, 6.45) is 0. The second-order valence-electron chi connectivity index (χ2n) is 3.95. The van der Waals surface area contributed by atoms with Crippen molar-refractivity contribution in [3.8, 4) is 0 Å². The average Bonchev–Trinajstić information content (AvgIpc) is 3.11. The Bertz CT molecular complexity index is 542. The molecule has 2 N–H and O–H groups in total. The third kappa shape index (κ3) is 1.10. The highest BCUT2D eigenvalue weighted by atomic mass is 16.1. The van der Waals surface area contributed by atoms with Crippen molar-refractivity contribution in [2.75, 3.05) is 13.1 Å². The first-order chi connectivity index (χ1) is 7.70. The zero-order valence-electron chi connectivity index (χ0n) is 8.56. The van der Waals surface area contributed by atoms with Crippen LogP contribution in [0.3, 0.4) is 0 Å². The van der Waals surface area contributed by atoms with Crippen LogP contribution in [-0.2, 0) is 0 Å². The molecule has 0 spiro atoms. The molecular weight excluding hydrogens is 204 g/mol. The number of hydrogen-bond acceptors (Lipinski definition) is 4. The van der Waals surface area contributed by atoms with E-state index in [4.69, 9.17) is 5.73 Å². The summed E-state index contributed by atoms with van der Waals surface area (Å²) in [5.41, 5.74) is 7.07. The minimum Gasteiger partial charge on any atom is -0.394 e. The molecule has 0 atom stereocenters. The van der Waals surface area contributed by atoms with Crippen LogP contribution in [0.25, 0.3) is 0 Å². The predicted octanol–water partition coefficient (Wildman–Crippen LogP) is 0.552. The van der Waals surface area contributed by atoms with E-state index in [9.17, 15) is 9.59 Å². The van der Waals surface area contributed by atoms with E-state index in [1.165, 1.54) is 0 Å². The van der Waals surface area contributed by atoms with Crippen LogP contribution >= 0.6 is 0 Å². The molecule has 3 rings (SSSR count). The van der Waals surface area contributed by atoms with Crippen molar-refractivity contribution < 1.29 is 9.59 Å². The molecule has 2 aliphatic rings. The Morgan fingerprint density at radius 3 is 2.12 bits per heavy atom. The molecule has 1 saturated heterocycles. The van der Waals surface area contributed by atoms with Crippen LogP contribution in [0, 0.1) is 0 Å². The van der Waals surface area contributed by atoms with Gasteiger partial charge in [-0.15, -0.1) is 0 Å². The molecule has 0 amide bonds. The number of Topliss-reactive ketones (excluding diaryl/α,β-unsaturated/α-hetero) is 2. The van der Waals surface area contributed by atoms with Gasteiger partial charge in [-0.25, -0.2) is 0 Å². The number of carbonyl (C=O) groups excluding carboxylic acids is 2. The Hall–Kier alpha value is -2.10. The van der Waals surface area contributed by atoms with Gasteiger partial charge in [-0.1, -0.05) is 24.3 Å². The maximum atomic E-state index is 12.1. The molecule has 1 heterocycles. The van der Waals surface area contributed by atoms with E-state index in [1.807, 2.05) is 4.90 Å². The van der Waals surface area contributed by atoms with Gasteiger partial charge in [0.1, 0.15) is 11.4 Å². The van der Waals surface area contributed by atoms with Gasteiger partial charge in [0, 0.05) is 24.2 Å². The van der Waals surface area contributed by atoms with E-state index in [0.29, 0.717) is 16.8 Å². The van der Waals surface area contributed by atoms with Crippen molar-refractivity contribution in [2.24, 2.45) is 5.73 Å². The molecule has 4 nitrogen and oxygen atoms in total. The van der Waals surface area contributed by atoms with Crippen molar-refractivity contribution >= 4 is 11.6 Å².